The fourth-order valence-electron chi connectivity index (χ4n) is 4.08. The molecule has 3 aromatic rings. The summed E-state index contributed by atoms with van der Waals surface area (Å²) in [4.78, 5) is 0. The van der Waals surface area contributed by atoms with E-state index >= 15 is 0 Å². The molecule has 0 amide bonds. The Kier molecular flexibility index (Phi) is 5.43. The van der Waals surface area contributed by atoms with Gasteiger partial charge in [0.15, 0.2) is 5.71 Å². The normalized spacial score (nSPS) is 15.1. The summed E-state index contributed by atoms with van der Waals surface area (Å²) in [5.41, 5.74) is 5.13. The molecule has 138 valence electrons. The van der Waals surface area contributed by atoms with Crippen LogP contribution in [0.5, 0.6) is 5.75 Å². The van der Waals surface area contributed by atoms with Crippen LogP contribution in [0.4, 0.5) is 5.69 Å². The monoisotopic (exact) mass is 469 g/mol. The molecule has 1 heterocycles. The molecule has 3 heteroatoms. The summed E-state index contributed by atoms with van der Waals surface area (Å²) in [7, 11) is 3.86. The predicted octanol–water partition coefficient (Wildman–Crippen LogP) is 2.57. The van der Waals surface area contributed by atoms with Crippen molar-refractivity contribution in [1.29, 1.82) is 0 Å². The number of nitrogens with zero attached hydrogens (tertiary/aromatic N) is 1. The van der Waals surface area contributed by atoms with Gasteiger partial charge in [-0.3, -0.25) is 0 Å². The van der Waals surface area contributed by atoms with Gasteiger partial charge in [0.25, 0.3) is 0 Å². The third-order valence-electron chi connectivity index (χ3n) is 5.44. The minimum Gasteiger partial charge on any atom is -1.00 e. The minimum absolute atomic E-state index is 0. The molecule has 0 aromatic heterocycles. The lowest BCUT2D eigenvalue weighted by Crippen LogP contribution is -3.00. The van der Waals surface area contributed by atoms with Gasteiger partial charge < -0.3 is 28.7 Å². The number of ether oxygens (including phenoxy) is 1. The number of hydrogen-bond acceptors (Lipinski definition) is 1. The van der Waals surface area contributed by atoms with Crippen molar-refractivity contribution in [1.82, 2.24) is 0 Å². The molecule has 1 aliphatic rings. The molecule has 0 saturated heterocycles. The first kappa shape index (κ1) is 19.6. The van der Waals surface area contributed by atoms with Crippen molar-refractivity contribution in [3.8, 4) is 5.75 Å². The summed E-state index contributed by atoms with van der Waals surface area (Å²) in [6.07, 6.45) is 4.43. The summed E-state index contributed by atoms with van der Waals surface area (Å²) in [5.74, 6) is 0.881. The van der Waals surface area contributed by atoms with E-state index in [2.05, 4.69) is 86.2 Å². The topological polar surface area (TPSA) is 12.2 Å². The Morgan fingerprint density at radius 3 is 2.30 bits per heavy atom. The molecule has 0 radical (unpaired) electrons. The maximum Gasteiger partial charge on any atom is 0.210 e. The molecule has 1 aliphatic heterocycles. The highest BCUT2D eigenvalue weighted by Crippen LogP contribution is 2.43. The highest BCUT2D eigenvalue weighted by molar-refractivity contribution is 6.09. The van der Waals surface area contributed by atoms with Crippen LogP contribution in [0.25, 0.3) is 16.8 Å². The number of benzene rings is 3. The summed E-state index contributed by atoms with van der Waals surface area (Å²) in [6, 6.07) is 21.3. The molecular weight excluding hydrogens is 445 g/mol. The molecule has 0 fully saturated rings. The first-order chi connectivity index (χ1) is 12.5. The Morgan fingerprint density at radius 1 is 0.889 bits per heavy atom. The van der Waals surface area contributed by atoms with Crippen molar-refractivity contribution >= 4 is 28.2 Å². The molecule has 27 heavy (non-hydrogen) atoms. The zero-order chi connectivity index (χ0) is 18.3. The highest BCUT2D eigenvalue weighted by atomic mass is 127. The average molecular weight is 469 g/mol. The van der Waals surface area contributed by atoms with Crippen LogP contribution in [0.15, 0.2) is 66.7 Å². The zero-order valence-corrected chi connectivity index (χ0v) is 18.3. The summed E-state index contributed by atoms with van der Waals surface area (Å²) in [5, 5.41) is 2.64. The van der Waals surface area contributed by atoms with Crippen molar-refractivity contribution in [2.75, 3.05) is 14.2 Å². The van der Waals surface area contributed by atoms with E-state index in [1.807, 2.05) is 12.1 Å². The molecule has 0 bridgehead atoms. The van der Waals surface area contributed by atoms with E-state index in [0.717, 1.165) is 5.75 Å². The lowest BCUT2D eigenvalue weighted by atomic mass is 9.79. The van der Waals surface area contributed by atoms with E-state index in [4.69, 9.17) is 4.74 Å². The van der Waals surface area contributed by atoms with Gasteiger partial charge in [-0.05, 0) is 54.5 Å². The molecular formula is C24H24INO. The van der Waals surface area contributed by atoms with Crippen molar-refractivity contribution in [2.45, 2.75) is 19.3 Å². The van der Waals surface area contributed by atoms with Gasteiger partial charge in [0.1, 0.15) is 12.8 Å². The number of rotatable bonds is 3. The molecule has 0 aliphatic carbocycles. The molecule has 0 N–H and O–H groups in total. The first-order valence-electron chi connectivity index (χ1n) is 8.98. The Labute approximate surface area is 178 Å². The molecule has 0 saturated carbocycles. The van der Waals surface area contributed by atoms with E-state index in [0.29, 0.717) is 0 Å². The fourth-order valence-corrected chi connectivity index (χ4v) is 4.08. The Balaban J connectivity index is 0.00000210. The summed E-state index contributed by atoms with van der Waals surface area (Å²) in [6.45, 7) is 4.63. The van der Waals surface area contributed by atoms with Crippen molar-refractivity contribution in [3.63, 3.8) is 0 Å². The van der Waals surface area contributed by atoms with Crippen LogP contribution in [0, 0.1) is 0 Å². The SMILES string of the molecule is COc1ccc(/C=C/C2=[N+](C)c3ccc4ccccc4c3C2(C)C)cc1.[I-]. The number of halogens is 1. The largest absolute Gasteiger partial charge is 1.00 e. The number of allylic oxidation sites excluding steroid dienone is 1. The van der Waals surface area contributed by atoms with Gasteiger partial charge in [-0.15, -0.1) is 0 Å². The highest BCUT2D eigenvalue weighted by Gasteiger charge is 2.44. The smallest absolute Gasteiger partial charge is 0.210 e. The average Bonchev–Trinajstić information content (AvgIpc) is 2.86. The number of methoxy groups -OCH3 is 1. The maximum absolute atomic E-state index is 5.24. The van der Waals surface area contributed by atoms with Gasteiger partial charge in [-0.1, -0.05) is 36.4 Å². The van der Waals surface area contributed by atoms with Gasteiger partial charge in [0, 0.05) is 17.7 Å². The Morgan fingerprint density at radius 2 is 1.59 bits per heavy atom. The molecule has 4 rings (SSSR count). The second-order valence-corrected chi connectivity index (χ2v) is 7.36. The Hall–Kier alpha value is -2.14. The minimum atomic E-state index is -0.0477. The standard InChI is InChI=1S/C24H24NO.HI/c1-24(2)22(16-11-17-9-13-19(26-4)14-10-17)25(3)21-15-12-18-7-5-6-8-20(18)23(21)24;/h5-16H,1-4H3;1H/q+1;/p-1/b16-11+;. The third kappa shape index (κ3) is 3.29. The van der Waals surface area contributed by atoms with Crippen LogP contribution < -0.4 is 28.7 Å². The van der Waals surface area contributed by atoms with Crippen molar-refractivity contribution < 1.29 is 33.3 Å². The molecule has 0 atom stereocenters. The zero-order valence-electron chi connectivity index (χ0n) is 16.2. The van der Waals surface area contributed by atoms with E-state index in [-0.39, 0.29) is 29.4 Å². The number of fused-ring (bicyclic) bond motifs is 3. The third-order valence-corrected chi connectivity index (χ3v) is 5.44. The fraction of sp³-hybridized carbons (Fsp3) is 0.208. The molecule has 0 unspecified atom stereocenters. The predicted molar refractivity (Wildman–Crippen MR) is 110 cm³/mol. The van der Waals surface area contributed by atoms with Gasteiger partial charge in [0.05, 0.1) is 12.5 Å². The van der Waals surface area contributed by atoms with E-state index in [1.54, 1.807) is 7.11 Å². The molecule has 3 aromatic carbocycles. The van der Waals surface area contributed by atoms with Gasteiger partial charge in [0.2, 0.25) is 5.69 Å². The lowest BCUT2D eigenvalue weighted by Gasteiger charge is -2.17. The van der Waals surface area contributed by atoms with Crippen molar-refractivity contribution in [2.24, 2.45) is 0 Å². The van der Waals surface area contributed by atoms with Crippen LogP contribution in [0.1, 0.15) is 25.0 Å². The Bertz CT molecular complexity index is 1050. The second kappa shape index (κ2) is 7.47. The van der Waals surface area contributed by atoms with Crippen LogP contribution in [-0.2, 0) is 5.41 Å². The van der Waals surface area contributed by atoms with E-state index in [1.165, 1.54) is 33.3 Å². The van der Waals surface area contributed by atoms with Gasteiger partial charge in [-0.25, -0.2) is 0 Å². The van der Waals surface area contributed by atoms with Crippen LogP contribution in [0.2, 0.25) is 0 Å². The summed E-state index contributed by atoms with van der Waals surface area (Å²) >= 11 is 0. The van der Waals surface area contributed by atoms with E-state index in [9.17, 15) is 0 Å². The quantitative estimate of drug-likeness (QED) is 0.425. The van der Waals surface area contributed by atoms with E-state index < -0.39 is 0 Å². The maximum atomic E-state index is 5.24. The van der Waals surface area contributed by atoms with Crippen LogP contribution >= 0.6 is 0 Å². The first-order valence-corrected chi connectivity index (χ1v) is 8.98. The van der Waals surface area contributed by atoms with Crippen molar-refractivity contribution in [3.05, 3.63) is 77.9 Å². The molecule has 0 spiro atoms. The summed E-state index contributed by atoms with van der Waals surface area (Å²) < 4.78 is 7.56. The molecule has 2 nitrogen and oxygen atoms in total. The number of hydrogen-bond donors (Lipinski definition) is 0. The van der Waals surface area contributed by atoms with Gasteiger partial charge in [-0.2, -0.15) is 4.58 Å². The second-order valence-electron chi connectivity index (χ2n) is 7.36. The van der Waals surface area contributed by atoms with Gasteiger partial charge >= 0.3 is 0 Å². The van der Waals surface area contributed by atoms with Crippen LogP contribution in [-0.4, -0.2) is 24.4 Å². The lowest BCUT2D eigenvalue weighted by molar-refractivity contribution is -0.401. The van der Waals surface area contributed by atoms with Crippen LogP contribution in [0.3, 0.4) is 0 Å².